The van der Waals surface area contributed by atoms with Gasteiger partial charge in [-0.05, 0) is 33.3 Å². The van der Waals surface area contributed by atoms with Crippen LogP contribution in [0, 0.1) is 22.9 Å². The van der Waals surface area contributed by atoms with Crippen molar-refractivity contribution in [1.82, 2.24) is 0 Å². The van der Waals surface area contributed by atoms with Gasteiger partial charge in [0.1, 0.15) is 5.60 Å². The van der Waals surface area contributed by atoms with E-state index in [1.54, 1.807) is 20.8 Å². The number of nitrogens with one attached hydrogen (secondary N) is 1. The highest BCUT2D eigenvalue weighted by atomic mass is 19.1. The van der Waals surface area contributed by atoms with Crippen molar-refractivity contribution >= 4 is 17.5 Å². The summed E-state index contributed by atoms with van der Waals surface area (Å²) in [5.41, 5.74) is -0.805. The van der Waals surface area contributed by atoms with Crippen molar-refractivity contribution in [3.63, 3.8) is 0 Å². The monoisotopic (exact) mass is 270 g/mol. The molecule has 1 N–H and O–H groups in total. The lowest BCUT2D eigenvalue weighted by Gasteiger charge is -2.20. The standard InChI is InChI=1S/C12H15FN2O4/c1-7-5-10(15(17)18)8(13)6-9(7)14-11(16)19-12(2,3)4/h5-6H,1-4H3,(H,14,16). The number of halogens is 1. The first-order chi connectivity index (χ1) is 8.60. The number of hydrogen-bond acceptors (Lipinski definition) is 4. The number of benzene rings is 1. The zero-order valence-electron chi connectivity index (χ0n) is 11.1. The van der Waals surface area contributed by atoms with Crippen molar-refractivity contribution in [3.8, 4) is 0 Å². The molecular formula is C12H15FN2O4. The summed E-state index contributed by atoms with van der Waals surface area (Å²) in [6.07, 6.45) is -0.746. The molecule has 1 aromatic carbocycles. The van der Waals surface area contributed by atoms with Crippen LogP contribution in [0.15, 0.2) is 12.1 Å². The van der Waals surface area contributed by atoms with Crippen molar-refractivity contribution in [2.45, 2.75) is 33.3 Å². The molecule has 0 aliphatic heterocycles. The van der Waals surface area contributed by atoms with Gasteiger partial charge in [0.25, 0.3) is 0 Å². The summed E-state index contributed by atoms with van der Waals surface area (Å²) < 4.78 is 18.4. The molecule has 0 spiro atoms. The molecule has 1 rings (SSSR count). The maximum absolute atomic E-state index is 13.4. The van der Waals surface area contributed by atoms with Crippen LogP contribution in [-0.2, 0) is 4.74 Å². The molecule has 19 heavy (non-hydrogen) atoms. The van der Waals surface area contributed by atoms with E-state index < -0.39 is 28.1 Å². The Kier molecular flexibility index (Phi) is 4.08. The minimum atomic E-state index is -1.01. The van der Waals surface area contributed by atoms with E-state index in [0.717, 1.165) is 12.1 Å². The molecule has 1 amide bonds. The molecule has 104 valence electrons. The number of rotatable bonds is 2. The lowest BCUT2D eigenvalue weighted by atomic mass is 10.1. The summed E-state index contributed by atoms with van der Waals surface area (Å²) in [4.78, 5) is 21.2. The molecule has 0 aromatic heterocycles. The molecule has 0 radical (unpaired) electrons. The topological polar surface area (TPSA) is 81.5 Å². The van der Waals surface area contributed by atoms with Gasteiger partial charge in [0.2, 0.25) is 5.82 Å². The Morgan fingerprint density at radius 3 is 2.47 bits per heavy atom. The third-order valence-electron chi connectivity index (χ3n) is 2.13. The first kappa shape index (κ1) is 14.9. The molecule has 0 heterocycles. The SMILES string of the molecule is Cc1cc([N+](=O)[O-])c(F)cc1NC(=O)OC(C)(C)C. The predicted octanol–water partition coefficient (Wildman–Crippen LogP) is 3.39. The number of nitrogens with zero attached hydrogens (tertiary/aromatic N) is 1. The number of carbonyl (C=O) groups excluding carboxylic acids is 1. The van der Waals surface area contributed by atoms with E-state index in [2.05, 4.69) is 5.32 Å². The fourth-order valence-corrected chi connectivity index (χ4v) is 1.35. The molecule has 0 fully saturated rings. The van der Waals surface area contributed by atoms with Crippen LogP contribution in [0.3, 0.4) is 0 Å². The van der Waals surface area contributed by atoms with Gasteiger partial charge < -0.3 is 4.74 Å². The summed E-state index contributed by atoms with van der Waals surface area (Å²) in [7, 11) is 0. The van der Waals surface area contributed by atoms with Crippen LogP contribution in [0.1, 0.15) is 26.3 Å². The molecule has 0 bridgehead atoms. The molecular weight excluding hydrogens is 255 g/mol. The fraction of sp³-hybridized carbons (Fsp3) is 0.417. The van der Waals surface area contributed by atoms with Crippen LogP contribution in [0.5, 0.6) is 0 Å². The first-order valence-electron chi connectivity index (χ1n) is 5.54. The van der Waals surface area contributed by atoms with E-state index >= 15 is 0 Å². The van der Waals surface area contributed by atoms with E-state index in [1.807, 2.05) is 0 Å². The predicted molar refractivity (Wildman–Crippen MR) is 67.6 cm³/mol. The lowest BCUT2D eigenvalue weighted by molar-refractivity contribution is -0.387. The molecule has 7 heteroatoms. The quantitative estimate of drug-likeness (QED) is 0.659. The average molecular weight is 270 g/mol. The molecule has 0 aliphatic carbocycles. The molecule has 0 aliphatic rings. The van der Waals surface area contributed by atoms with Gasteiger partial charge in [-0.15, -0.1) is 0 Å². The number of anilines is 1. The van der Waals surface area contributed by atoms with Gasteiger partial charge in [0, 0.05) is 12.1 Å². The zero-order valence-corrected chi connectivity index (χ0v) is 11.1. The number of nitro groups is 1. The Bertz CT molecular complexity index is 523. The highest BCUT2D eigenvalue weighted by Gasteiger charge is 2.20. The Hall–Kier alpha value is -2.18. The second kappa shape index (κ2) is 5.21. The summed E-state index contributed by atoms with van der Waals surface area (Å²) in [6.45, 7) is 6.60. The van der Waals surface area contributed by atoms with E-state index in [1.165, 1.54) is 6.92 Å². The van der Waals surface area contributed by atoms with Gasteiger partial charge in [-0.2, -0.15) is 4.39 Å². The zero-order chi connectivity index (χ0) is 14.8. The summed E-state index contributed by atoms with van der Waals surface area (Å²) in [5.74, 6) is -1.01. The molecule has 6 nitrogen and oxygen atoms in total. The van der Waals surface area contributed by atoms with Crippen molar-refractivity contribution < 1.29 is 18.8 Å². The van der Waals surface area contributed by atoms with Gasteiger partial charge in [-0.3, -0.25) is 15.4 Å². The third kappa shape index (κ3) is 4.20. The van der Waals surface area contributed by atoms with Crippen molar-refractivity contribution in [2.75, 3.05) is 5.32 Å². The summed E-state index contributed by atoms with van der Waals surface area (Å²) in [5, 5.41) is 12.9. The van der Waals surface area contributed by atoms with Crippen molar-refractivity contribution in [1.29, 1.82) is 0 Å². The second-order valence-corrected chi connectivity index (χ2v) is 5.00. The van der Waals surface area contributed by atoms with E-state index in [4.69, 9.17) is 4.74 Å². The normalized spacial score (nSPS) is 11.0. The maximum Gasteiger partial charge on any atom is 0.412 e. The minimum Gasteiger partial charge on any atom is -0.444 e. The smallest absolute Gasteiger partial charge is 0.412 e. The lowest BCUT2D eigenvalue weighted by Crippen LogP contribution is -2.27. The van der Waals surface area contributed by atoms with Gasteiger partial charge in [-0.25, -0.2) is 4.79 Å². The van der Waals surface area contributed by atoms with Gasteiger partial charge in [0.05, 0.1) is 10.6 Å². The minimum absolute atomic E-state index is 0.136. The van der Waals surface area contributed by atoms with Crippen LogP contribution >= 0.6 is 0 Å². The largest absolute Gasteiger partial charge is 0.444 e. The molecule has 0 unspecified atom stereocenters. The second-order valence-electron chi connectivity index (χ2n) is 5.00. The van der Waals surface area contributed by atoms with Crippen molar-refractivity contribution in [2.24, 2.45) is 0 Å². The summed E-state index contributed by atoms with van der Waals surface area (Å²) >= 11 is 0. The number of carbonyl (C=O) groups is 1. The molecule has 0 saturated carbocycles. The number of aryl methyl sites for hydroxylation is 1. The van der Waals surface area contributed by atoms with Gasteiger partial charge >= 0.3 is 11.8 Å². The highest BCUT2D eigenvalue weighted by Crippen LogP contribution is 2.25. The number of amides is 1. The van der Waals surface area contributed by atoms with Crippen LogP contribution in [0.25, 0.3) is 0 Å². The van der Waals surface area contributed by atoms with Crippen LogP contribution < -0.4 is 5.32 Å². The Morgan fingerprint density at radius 1 is 1.42 bits per heavy atom. The van der Waals surface area contributed by atoms with Gasteiger partial charge in [0.15, 0.2) is 0 Å². The third-order valence-corrected chi connectivity index (χ3v) is 2.13. The van der Waals surface area contributed by atoms with Crippen LogP contribution in [-0.4, -0.2) is 16.6 Å². The molecule has 0 atom stereocenters. The van der Waals surface area contributed by atoms with Gasteiger partial charge in [-0.1, -0.05) is 0 Å². The van der Waals surface area contributed by atoms with Crippen LogP contribution in [0.4, 0.5) is 20.6 Å². The Balaban J connectivity index is 2.95. The number of nitro benzene ring substituents is 1. The molecule has 1 aromatic rings. The van der Waals surface area contributed by atoms with Crippen molar-refractivity contribution in [3.05, 3.63) is 33.6 Å². The number of ether oxygens (including phenoxy) is 1. The Morgan fingerprint density at radius 2 is 2.00 bits per heavy atom. The van der Waals surface area contributed by atoms with E-state index in [-0.39, 0.29) is 5.69 Å². The number of hydrogen-bond donors (Lipinski definition) is 1. The van der Waals surface area contributed by atoms with E-state index in [9.17, 15) is 19.3 Å². The maximum atomic E-state index is 13.4. The fourth-order valence-electron chi connectivity index (χ4n) is 1.35. The summed E-state index contributed by atoms with van der Waals surface area (Å²) in [6, 6.07) is 1.96. The Labute approximate surface area is 109 Å². The first-order valence-corrected chi connectivity index (χ1v) is 5.54. The van der Waals surface area contributed by atoms with E-state index in [0.29, 0.717) is 5.56 Å². The molecule has 0 saturated heterocycles. The average Bonchev–Trinajstić information content (AvgIpc) is 2.19. The van der Waals surface area contributed by atoms with Crippen LogP contribution in [0.2, 0.25) is 0 Å². The highest BCUT2D eigenvalue weighted by molar-refractivity contribution is 5.86.